The normalized spacial score (nSPS) is 11.1. The van der Waals surface area contributed by atoms with E-state index in [-0.39, 0.29) is 5.56 Å². The van der Waals surface area contributed by atoms with Crippen LogP contribution in [0.15, 0.2) is 59.6 Å². The molecule has 148 valence electrons. The summed E-state index contributed by atoms with van der Waals surface area (Å²) in [5.74, 6) is -2.17. The Bertz CT molecular complexity index is 1160. The summed E-state index contributed by atoms with van der Waals surface area (Å²) in [6.45, 7) is 0.973. The topological polar surface area (TPSA) is 51.0 Å². The molecule has 0 spiro atoms. The molecule has 0 saturated carbocycles. The van der Waals surface area contributed by atoms with Gasteiger partial charge in [-0.3, -0.25) is 9.69 Å². The number of benzene rings is 2. The number of hydrogen-bond donors (Lipinski definition) is 0. The lowest BCUT2D eigenvalue weighted by Crippen LogP contribution is -2.33. The van der Waals surface area contributed by atoms with Crippen LogP contribution in [-0.4, -0.2) is 27.0 Å². The van der Waals surface area contributed by atoms with Gasteiger partial charge in [0.1, 0.15) is 11.6 Å². The Labute approximate surface area is 177 Å². The second-order valence-electron chi connectivity index (χ2n) is 6.34. The molecule has 0 aliphatic carbocycles. The van der Waals surface area contributed by atoms with Gasteiger partial charge in [-0.05, 0) is 36.8 Å². The maximum absolute atomic E-state index is 14.3. The minimum atomic E-state index is -0.890. The number of fused-ring (bicyclic) bond motifs is 1. The van der Waals surface area contributed by atoms with Crippen molar-refractivity contribution in [1.82, 2.24) is 14.5 Å². The average molecular weight is 477 g/mol. The van der Waals surface area contributed by atoms with E-state index in [1.165, 1.54) is 22.3 Å². The molecule has 2 heterocycles. The number of nitrogens with zero attached hydrogens (tertiary/aromatic N) is 4. The Morgan fingerprint density at radius 3 is 2.83 bits per heavy atom. The fourth-order valence-electron chi connectivity index (χ4n) is 2.92. The van der Waals surface area contributed by atoms with Crippen molar-refractivity contribution in [2.75, 3.05) is 11.4 Å². The SMILES string of the molecule is O=C(c1ccc(F)cc1F)N(CCCn1ccnc1)c1nc2ccc(Br)cc2s1. The van der Waals surface area contributed by atoms with Crippen LogP contribution in [0.3, 0.4) is 0 Å². The maximum Gasteiger partial charge on any atom is 0.263 e. The van der Waals surface area contributed by atoms with Gasteiger partial charge in [-0.2, -0.15) is 0 Å². The molecular formula is C20H15BrF2N4OS. The standard InChI is InChI=1S/C20H15BrF2N4OS/c21-13-2-5-17-18(10-13)29-20(25-17)27(8-1-7-26-9-6-24-12-26)19(28)15-4-3-14(22)11-16(15)23/h2-6,9-12H,1,7-8H2. The Hall–Kier alpha value is -2.65. The first kappa shape index (κ1) is 19.7. The third kappa shape index (κ3) is 4.35. The van der Waals surface area contributed by atoms with E-state index < -0.39 is 17.5 Å². The van der Waals surface area contributed by atoms with Crippen molar-refractivity contribution in [3.05, 3.63) is 76.8 Å². The van der Waals surface area contributed by atoms with Crippen LogP contribution in [0.5, 0.6) is 0 Å². The number of halogens is 3. The van der Waals surface area contributed by atoms with Gasteiger partial charge in [0.2, 0.25) is 0 Å². The highest BCUT2D eigenvalue weighted by Gasteiger charge is 2.24. The third-order valence-electron chi connectivity index (χ3n) is 4.33. The molecule has 4 rings (SSSR count). The molecule has 0 N–H and O–H groups in total. The lowest BCUT2D eigenvalue weighted by molar-refractivity contribution is 0.0982. The first-order valence-corrected chi connectivity index (χ1v) is 10.4. The molecule has 0 bridgehead atoms. The van der Waals surface area contributed by atoms with Gasteiger partial charge < -0.3 is 4.57 Å². The predicted octanol–water partition coefficient (Wildman–Crippen LogP) is 5.27. The van der Waals surface area contributed by atoms with Gasteiger partial charge in [-0.15, -0.1) is 0 Å². The van der Waals surface area contributed by atoms with Crippen molar-refractivity contribution in [2.24, 2.45) is 0 Å². The fraction of sp³-hybridized carbons (Fsp3) is 0.150. The summed E-state index contributed by atoms with van der Waals surface area (Å²) >= 11 is 4.78. The molecular weight excluding hydrogens is 462 g/mol. The Morgan fingerprint density at radius 1 is 1.21 bits per heavy atom. The minimum absolute atomic E-state index is 0.186. The van der Waals surface area contributed by atoms with Crippen LogP contribution >= 0.6 is 27.3 Å². The highest BCUT2D eigenvalue weighted by molar-refractivity contribution is 9.10. The summed E-state index contributed by atoms with van der Waals surface area (Å²) in [7, 11) is 0. The number of rotatable bonds is 6. The van der Waals surface area contributed by atoms with Crippen molar-refractivity contribution in [3.63, 3.8) is 0 Å². The number of thiazole rings is 1. The molecule has 9 heteroatoms. The van der Waals surface area contributed by atoms with Crippen molar-refractivity contribution in [2.45, 2.75) is 13.0 Å². The van der Waals surface area contributed by atoms with Gasteiger partial charge in [0.25, 0.3) is 5.91 Å². The monoisotopic (exact) mass is 476 g/mol. The van der Waals surface area contributed by atoms with Crippen LogP contribution in [0.2, 0.25) is 0 Å². The number of hydrogen-bond acceptors (Lipinski definition) is 4. The molecule has 0 atom stereocenters. The Balaban J connectivity index is 1.66. The molecule has 0 radical (unpaired) electrons. The van der Waals surface area contributed by atoms with Gasteiger partial charge in [0.05, 0.1) is 22.1 Å². The predicted molar refractivity (Wildman–Crippen MR) is 112 cm³/mol. The summed E-state index contributed by atoms with van der Waals surface area (Å²) in [6.07, 6.45) is 5.83. The number of aryl methyl sites for hydroxylation is 1. The van der Waals surface area contributed by atoms with Crippen LogP contribution < -0.4 is 4.90 Å². The molecule has 2 aromatic carbocycles. The molecule has 0 saturated heterocycles. The van der Waals surface area contributed by atoms with Gasteiger partial charge in [-0.25, -0.2) is 18.7 Å². The largest absolute Gasteiger partial charge is 0.337 e. The zero-order chi connectivity index (χ0) is 20.4. The van der Waals surface area contributed by atoms with E-state index in [1.54, 1.807) is 12.5 Å². The summed E-state index contributed by atoms with van der Waals surface area (Å²) in [5, 5.41) is 0.470. The summed E-state index contributed by atoms with van der Waals surface area (Å²) in [4.78, 5) is 23.1. The molecule has 2 aromatic heterocycles. The smallest absolute Gasteiger partial charge is 0.263 e. The zero-order valence-corrected chi connectivity index (χ0v) is 17.5. The number of carbonyl (C=O) groups is 1. The van der Waals surface area contributed by atoms with Gasteiger partial charge >= 0.3 is 0 Å². The Kier molecular flexibility index (Phi) is 5.68. The summed E-state index contributed by atoms with van der Waals surface area (Å²) < 4.78 is 31.2. The average Bonchev–Trinajstić information content (AvgIpc) is 3.34. The molecule has 0 aliphatic rings. The summed E-state index contributed by atoms with van der Waals surface area (Å²) in [5.41, 5.74) is 0.564. The zero-order valence-electron chi connectivity index (χ0n) is 15.1. The lowest BCUT2D eigenvalue weighted by atomic mass is 10.2. The number of aromatic nitrogens is 3. The number of imidazole rings is 1. The van der Waals surface area contributed by atoms with Crippen molar-refractivity contribution in [3.8, 4) is 0 Å². The van der Waals surface area contributed by atoms with Crippen molar-refractivity contribution in [1.29, 1.82) is 0 Å². The fourth-order valence-corrected chi connectivity index (χ4v) is 4.47. The second kappa shape index (κ2) is 8.38. The molecule has 4 aromatic rings. The van der Waals surface area contributed by atoms with Crippen molar-refractivity contribution >= 4 is 48.5 Å². The molecule has 0 fully saturated rings. The van der Waals surface area contributed by atoms with Crippen LogP contribution in [-0.2, 0) is 6.54 Å². The van der Waals surface area contributed by atoms with E-state index in [4.69, 9.17) is 0 Å². The van der Waals surface area contributed by atoms with Gasteiger partial charge in [0.15, 0.2) is 5.13 Å². The van der Waals surface area contributed by atoms with E-state index >= 15 is 0 Å². The molecule has 0 unspecified atom stereocenters. The van der Waals surface area contributed by atoms with Crippen LogP contribution in [0, 0.1) is 11.6 Å². The highest BCUT2D eigenvalue weighted by atomic mass is 79.9. The lowest BCUT2D eigenvalue weighted by Gasteiger charge is -2.20. The molecule has 1 amide bonds. The minimum Gasteiger partial charge on any atom is -0.337 e. The van der Waals surface area contributed by atoms with Gasteiger partial charge in [0, 0.05) is 36.0 Å². The first-order chi connectivity index (χ1) is 14.0. The third-order valence-corrected chi connectivity index (χ3v) is 5.87. The van der Waals surface area contributed by atoms with Crippen LogP contribution in [0.1, 0.15) is 16.8 Å². The Morgan fingerprint density at radius 2 is 2.07 bits per heavy atom. The second-order valence-corrected chi connectivity index (χ2v) is 8.27. The van der Waals surface area contributed by atoms with E-state index in [0.29, 0.717) is 30.7 Å². The number of amides is 1. The van der Waals surface area contributed by atoms with Crippen LogP contribution in [0.25, 0.3) is 10.2 Å². The quantitative estimate of drug-likeness (QED) is 0.380. The van der Waals surface area contributed by atoms with E-state index in [9.17, 15) is 13.6 Å². The maximum atomic E-state index is 14.3. The van der Waals surface area contributed by atoms with Gasteiger partial charge in [-0.1, -0.05) is 27.3 Å². The number of anilines is 1. The van der Waals surface area contributed by atoms with E-state index in [2.05, 4.69) is 25.9 Å². The van der Waals surface area contributed by atoms with Crippen molar-refractivity contribution < 1.29 is 13.6 Å². The highest BCUT2D eigenvalue weighted by Crippen LogP contribution is 2.32. The first-order valence-electron chi connectivity index (χ1n) is 8.80. The molecule has 29 heavy (non-hydrogen) atoms. The summed E-state index contributed by atoms with van der Waals surface area (Å²) in [6, 6.07) is 8.60. The molecule has 0 aliphatic heterocycles. The number of carbonyl (C=O) groups excluding carboxylic acids is 1. The molecule has 5 nitrogen and oxygen atoms in total. The van der Waals surface area contributed by atoms with Crippen LogP contribution in [0.4, 0.5) is 13.9 Å². The van der Waals surface area contributed by atoms with E-state index in [0.717, 1.165) is 20.8 Å². The van der Waals surface area contributed by atoms with E-state index in [1.807, 2.05) is 29.0 Å².